The van der Waals surface area contributed by atoms with Gasteiger partial charge in [-0.05, 0) is 62.7 Å². The molecule has 3 nitrogen and oxygen atoms in total. The fraction of sp³-hybridized carbons (Fsp3) is 0.412. The SMILES string of the molecule is CNC(c1ccc2c(c1)CC(C)(C)O2)c1occc1C. The average Bonchev–Trinajstić information content (AvgIpc) is 2.92. The van der Waals surface area contributed by atoms with Crippen LogP contribution in [0.4, 0.5) is 0 Å². The van der Waals surface area contributed by atoms with E-state index < -0.39 is 0 Å². The molecule has 0 radical (unpaired) electrons. The van der Waals surface area contributed by atoms with Crippen molar-refractivity contribution in [3.63, 3.8) is 0 Å². The first-order valence-corrected chi connectivity index (χ1v) is 7.03. The lowest BCUT2D eigenvalue weighted by molar-refractivity contribution is 0.138. The van der Waals surface area contributed by atoms with Gasteiger partial charge in [0, 0.05) is 6.42 Å². The Morgan fingerprint density at radius 2 is 2.05 bits per heavy atom. The van der Waals surface area contributed by atoms with Crippen molar-refractivity contribution in [3.8, 4) is 5.75 Å². The van der Waals surface area contributed by atoms with Crippen molar-refractivity contribution < 1.29 is 9.15 Å². The van der Waals surface area contributed by atoms with Gasteiger partial charge < -0.3 is 14.5 Å². The summed E-state index contributed by atoms with van der Waals surface area (Å²) >= 11 is 0. The van der Waals surface area contributed by atoms with E-state index in [0.29, 0.717) is 0 Å². The van der Waals surface area contributed by atoms with Gasteiger partial charge in [-0.25, -0.2) is 0 Å². The zero-order chi connectivity index (χ0) is 14.3. The van der Waals surface area contributed by atoms with Crippen molar-refractivity contribution >= 4 is 0 Å². The maximum absolute atomic E-state index is 5.93. The molecule has 0 aliphatic carbocycles. The molecule has 106 valence electrons. The standard InChI is InChI=1S/C17H21NO2/c1-11-7-8-19-16(11)15(18-4)12-5-6-14-13(9-12)10-17(2,3)20-14/h5-9,15,18H,10H2,1-4H3. The summed E-state index contributed by atoms with van der Waals surface area (Å²) in [5.74, 6) is 1.98. The summed E-state index contributed by atoms with van der Waals surface area (Å²) in [5, 5.41) is 3.34. The summed E-state index contributed by atoms with van der Waals surface area (Å²) in [7, 11) is 1.96. The minimum Gasteiger partial charge on any atom is -0.487 e. The van der Waals surface area contributed by atoms with Crippen molar-refractivity contribution in [1.82, 2.24) is 5.32 Å². The van der Waals surface area contributed by atoms with Crippen LogP contribution in [0.2, 0.25) is 0 Å². The molecule has 0 amide bonds. The number of hydrogen-bond donors (Lipinski definition) is 1. The van der Waals surface area contributed by atoms with Gasteiger partial charge in [0.05, 0.1) is 12.3 Å². The van der Waals surface area contributed by atoms with E-state index in [9.17, 15) is 0 Å². The Balaban J connectivity index is 1.97. The molecule has 0 spiro atoms. The molecule has 3 rings (SSSR count). The van der Waals surface area contributed by atoms with Crippen LogP contribution in [-0.2, 0) is 6.42 Å². The summed E-state index contributed by atoms with van der Waals surface area (Å²) in [6, 6.07) is 8.50. The van der Waals surface area contributed by atoms with Crippen LogP contribution in [-0.4, -0.2) is 12.6 Å². The van der Waals surface area contributed by atoms with Gasteiger partial charge in [0.25, 0.3) is 0 Å². The first-order valence-electron chi connectivity index (χ1n) is 7.03. The van der Waals surface area contributed by atoms with Crippen LogP contribution in [0.1, 0.15) is 42.3 Å². The number of fused-ring (bicyclic) bond motifs is 1. The molecule has 1 aliphatic rings. The maximum atomic E-state index is 5.93. The number of aryl methyl sites for hydroxylation is 1. The summed E-state index contributed by atoms with van der Waals surface area (Å²) < 4.78 is 11.6. The van der Waals surface area contributed by atoms with Crippen LogP contribution < -0.4 is 10.1 Å². The highest BCUT2D eigenvalue weighted by atomic mass is 16.5. The van der Waals surface area contributed by atoms with E-state index in [1.165, 1.54) is 16.7 Å². The lowest BCUT2D eigenvalue weighted by Crippen LogP contribution is -2.24. The maximum Gasteiger partial charge on any atom is 0.128 e. The van der Waals surface area contributed by atoms with Gasteiger partial charge in [-0.2, -0.15) is 0 Å². The summed E-state index contributed by atoms with van der Waals surface area (Å²) in [6.45, 7) is 6.32. The molecular weight excluding hydrogens is 250 g/mol. The van der Waals surface area contributed by atoms with E-state index in [1.807, 2.05) is 13.1 Å². The zero-order valence-corrected chi connectivity index (χ0v) is 12.5. The van der Waals surface area contributed by atoms with Crippen molar-refractivity contribution in [1.29, 1.82) is 0 Å². The van der Waals surface area contributed by atoms with Crippen molar-refractivity contribution in [2.75, 3.05) is 7.05 Å². The van der Waals surface area contributed by atoms with Crippen molar-refractivity contribution in [2.45, 2.75) is 38.8 Å². The topological polar surface area (TPSA) is 34.4 Å². The third-order valence-electron chi connectivity index (χ3n) is 3.87. The second-order valence-corrected chi connectivity index (χ2v) is 6.10. The number of benzene rings is 1. The molecule has 2 aromatic rings. The van der Waals surface area contributed by atoms with Gasteiger partial charge in [-0.15, -0.1) is 0 Å². The van der Waals surface area contributed by atoms with E-state index >= 15 is 0 Å². The molecule has 0 fully saturated rings. The van der Waals surface area contributed by atoms with Crippen LogP contribution in [0, 0.1) is 6.92 Å². The molecule has 20 heavy (non-hydrogen) atoms. The van der Waals surface area contributed by atoms with Gasteiger partial charge in [0.15, 0.2) is 0 Å². The average molecular weight is 271 g/mol. The first-order chi connectivity index (χ1) is 9.50. The van der Waals surface area contributed by atoms with Gasteiger partial charge in [-0.1, -0.05) is 6.07 Å². The molecule has 0 saturated carbocycles. The van der Waals surface area contributed by atoms with Crippen LogP contribution in [0.3, 0.4) is 0 Å². The molecule has 1 aromatic carbocycles. The molecule has 3 heteroatoms. The van der Waals surface area contributed by atoms with Crippen molar-refractivity contribution in [2.24, 2.45) is 0 Å². The third kappa shape index (κ3) is 2.22. The van der Waals surface area contributed by atoms with Gasteiger partial charge in [0.1, 0.15) is 17.1 Å². The Morgan fingerprint density at radius 1 is 1.25 bits per heavy atom. The van der Waals surface area contributed by atoms with E-state index in [2.05, 4.69) is 44.3 Å². The highest BCUT2D eigenvalue weighted by Crippen LogP contribution is 2.37. The van der Waals surface area contributed by atoms with Gasteiger partial charge >= 0.3 is 0 Å². The second kappa shape index (κ2) is 4.67. The zero-order valence-electron chi connectivity index (χ0n) is 12.5. The predicted molar refractivity (Wildman–Crippen MR) is 79.2 cm³/mol. The minimum absolute atomic E-state index is 0.0824. The van der Waals surface area contributed by atoms with E-state index in [0.717, 1.165) is 17.9 Å². The monoisotopic (exact) mass is 271 g/mol. The third-order valence-corrected chi connectivity index (χ3v) is 3.87. The number of ether oxygens (including phenoxy) is 1. The Hall–Kier alpha value is -1.74. The molecule has 0 saturated heterocycles. The van der Waals surface area contributed by atoms with E-state index in [4.69, 9.17) is 9.15 Å². The Kier molecular flexibility index (Phi) is 3.09. The fourth-order valence-electron chi connectivity index (χ4n) is 2.94. The molecule has 1 unspecified atom stereocenters. The highest BCUT2D eigenvalue weighted by molar-refractivity contribution is 5.44. The molecule has 1 aliphatic heterocycles. The molecule has 2 heterocycles. The second-order valence-electron chi connectivity index (χ2n) is 6.10. The Morgan fingerprint density at radius 3 is 2.70 bits per heavy atom. The first kappa shape index (κ1) is 13.3. The van der Waals surface area contributed by atoms with Crippen LogP contribution in [0.15, 0.2) is 34.9 Å². The van der Waals surface area contributed by atoms with Crippen LogP contribution in [0.5, 0.6) is 5.75 Å². The largest absolute Gasteiger partial charge is 0.487 e. The lowest BCUT2D eigenvalue weighted by Gasteiger charge is -2.17. The molecule has 1 atom stereocenters. The molecule has 1 N–H and O–H groups in total. The van der Waals surface area contributed by atoms with Gasteiger partial charge in [0.2, 0.25) is 0 Å². The fourth-order valence-corrected chi connectivity index (χ4v) is 2.94. The highest BCUT2D eigenvalue weighted by Gasteiger charge is 2.30. The molecule has 0 bridgehead atoms. The number of rotatable bonds is 3. The summed E-state index contributed by atoms with van der Waals surface area (Å²) in [5.41, 5.74) is 3.56. The van der Waals surface area contributed by atoms with E-state index in [-0.39, 0.29) is 11.6 Å². The predicted octanol–water partition coefficient (Wildman–Crippen LogP) is 3.61. The van der Waals surface area contributed by atoms with Crippen LogP contribution >= 0.6 is 0 Å². The number of furan rings is 1. The lowest BCUT2D eigenvalue weighted by atomic mass is 9.96. The summed E-state index contributed by atoms with van der Waals surface area (Å²) in [6.07, 6.45) is 2.69. The van der Waals surface area contributed by atoms with Gasteiger partial charge in [-0.3, -0.25) is 0 Å². The van der Waals surface area contributed by atoms with E-state index in [1.54, 1.807) is 6.26 Å². The summed E-state index contributed by atoms with van der Waals surface area (Å²) in [4.78, 5) is 0. The molecule has 1 aromatic heterocycles. The Labute approximate surface area is 119 Å². The number of hydrogen-bond acceptors (Lipinski definition) is 3. The minimum atomic E-state index is -0.101. The normalized spacial score (nSPS) is 17.6. The number of nitrogens with one attached hydrogen (secondary N) is 1. The quantitative estimate of drug-likeness (QED) is 0.926. The van der Waals surface area contributed by atoms with Crippen molar-refractivity contribution in [3.05, 3.63) is 53.0 Å². The Bertz CT molecular complexity index is 628. The van der Waals surface area contributed by atoms with Crippen LogP contribution in [0.25, 0.3) is 0 Å². The molecular formula is C17H21NO2. The smallest absolute Gasteiger partial charge is 0.128 e.